The van der Waals surface area contributed by atoms with Crippen LogP contribution in [0.15, 0.2) is 12.2 Å². The van der Waals surface area contributed by atoms with Gasteiger partial charge in [0.15, 0.2) is 6.10 Å². The van der Waals surface area contributed by atoms with Gasteiger partial charge in [0.05, 0.1) is 0 Å². The Kier molecular flexibility index (Phi) is 57.1. The van der Waals surface area contributed by atoms with E-state index in [0.717, 1.165) is 57.8 Å². The molecule has 0 aromatic carbocycles. The highest BCUT2D eigenvalue weighted by Gasteiger charge is 2.19. The third-order valence-corrected chi connectivity index (χ3v) is 14.3. The van der Waals surface area contributed by atoms with Gasteiger partial charge in [0.25, 0.3) is 0 Å². The summed E-state index contributed by atoms with van der Waals surface area (Å²) in [5, 5.41) is 0. The molecule has 6 heteroatoms. The standard InChI is InChI=1S/C63H120O6/c1-4-7-10-13-16-19-22-24-26-28-30-31-33-34-36-38-41-44-47-50-53-56-62(65)68-59-60(58-67-61(64)55-52-49-46-43-40-21-18-15-12-9-6-3)69-63(66)57-54-51-48-45-42-39-37-35-32-29-27-25-23-20-17-14-11-8-5-2/h24,26,60H,4-23,25,27-59H2,1-3H3/b26-24-/t60-/m0/s1. The van der Waals surface area contributed by atoms with Gasteiger partial charge in [0.2, 0.25) is 0 Å². The van der Waals surface area contributed by atoms with Crippen LogP contribution in [0.2, 0.25) is 0 Å². The molecule has 0 N–H and O–H groups in total. The molecular formula is C63H120O6. The van der Waals surface area contributed by atoms with E-state index in [1.807, 2.05) is 0 Å². The van der Waals surface area contributed by atoms with Crippen molar-refractivity contribution in [1.29, 1.82) is 0 Å². The molecule has 1 atom stereocenters. The lowest BCUT2D eigenvalue weighted by molar-refractivity contribution is -0.167. The van der Waals surface area contributed by atoms with E-state index >= 15 is 0 Å². The number of rotatable bonds is 58. The van der Waals surface area contributed by atoms with Crippen molar-refractivity contribution in [2.75, 3.05) is 13.2 Å². The molecule has 0 radical (unpaired) electrons. The average molecular weight is 974 g/mol. The van der Waals surface area contributed by atoms with Gasteiger partial charge in [-0.25, -0.2) is 0 Å². The molecule has 0 heterocycles. The topological polar surface area (TPSA) is 78.9 Å². The summed E-state index contributed by atoms with van der Waals surface area (Å²) in [5.74, 6) is -0.837. The molecule has 0 fully saturated rings. The summed E-state index contributed by atoms with van der Waals surface area (Å²) < 4.78 is 16.9. The van der Waals surface area contributed by atoms with Crippen LogP contribution >= 0.6 is 0 Å². The molecule has 0 aliphatic carbocycles. The van der Waals surface area contributed by atoms with Crippen molar-refractivity contribution in [3.05, 3.63) is 12.2 Å². The van der Waals surface area contributed by atoms with Crippen LogP contribution in [0.5, 0.6) is 0 Å². The van der Waals surface area contributed by atoms with Gasteiger partial charge >= 0.3 is 17.9 Å². The number of carbonyl (C=O) groups excluding carboxylic acids is 3. The van der Waals surface area contributed by atoms with Crippen LogP contribution in [0.4, 0.5) is 0 Å². The summed E-state index contributed by atoms with van der Waals surface area (Å²) in [5.41, 5.74) is 0. The lowest BCUT2D eigenvalue weighted by Crippen LogP contribution is -2.30. The molecule has 0 aromatic heterocycles. The molecule has 408 valence electrons. The fourth-order valence-electron chi connectivity index (χ4n) is 9.56. The summed E-state index contributed by atoms with van der Waals surface area (Å²) in [6.07, 6.45) is 67.9. The van der Waals surface area contributed by atoms with Crippen molar-refractivity contribution >= 4 is 17.9 Å². The van der Waals surface area contributed by atoms with E-state index in [0.29, 0.717) is 19.3 Å². The van der Waals surface area contributed by atoms with Gasteiger partial charge in [-0.05, 0) is 44.9 Å². The summed E-state index contributed by atoms with van der Waals surface area (Å²) >= 11 is 0. The van der Waals surface area contributed by atoms with Crippen molar-refractivity contribution < 1.29 is 28.6 Å². The van der Waals surface area contributed by atoms with E-state index in [-0.39, 0.29) is 31.1 Å². The summed E-state index contributed by atoms with van der Waals surface area (Å²) in [6.45, 7) is 6.70. The van der Waals surface area contributed by atoms with Gasteiger partial charge in [-0.1, -0.05) is 303 Å². The lowest BCUT2D eigenvalue weighted by Gasteiger charge is -2.18. The van der Waals surface area contributed by atoms with E-state index in [1.165, 1.54) is 257 Å². The van der Waals surface area contributed by atoms with E-state index in [1.54, 1.807) is 0 Å². The maximum Gasteiger partial charge on any atom is 0.306 e. The fraction of sp³-hybridized carbons (Fsp3) is 0.921. The zero-order valence-corrected chi connectivity index (χ0v) is 46.9. The SMILES string of the molecule is CCCCCCCC/C=C\CCCCCCCCCCCCCC(=O)OC[C@H](COC(=O)CCCCCCCCCCCCC)OC(=O)CCCCCCCCCCCCCCCCCCCCC. The molecule has 0 bridgehead atoms. The second-order valence-corrected chi connectivity index (χ2v) is 21.3. The smallest absolute Gasteiger partial charge is 0.306 e. The molecule has 0 aliphatic rings. The van der Waals surface area contributed by atoms with E-state index in [4.69, 9.17) is 14.2 Å². The zero-order valence-electron chi connectivity index (χ0n) is 46.9. The summed E-state index contributed by atoms with van der Waals surface area (Å²) in [6, 6.07) is 0. The summed E-state index contributed by atoms with van der Waals surface area (Å²) in [7, 11) is 0. The first-order valence-corrected chi connectivity index (χ1v) is 31.2. The minimum atomic E-state index is -0.764. The molecule has 0 saturated carbocycles. The van der Waals surface area contributed by atoms with E-state index < -0.39 is 6.10 Å². The summed E-state index contributed by atoms with van der Waals surface area (Å²) in [4.78, 5) is 38.2. The molecule has 6 nitrogen and oxygen atoms in total. The number of carbonyl (C=O) groups is 3. The quantitative estimate of drug-likeness (QED) is 0.0261. The van der Waals surface area contributed by atoms with Crippen LogP contribution in [0.25, 0.3) is 0 Å². The maximum absolute atomic E-state index is 12.9. The minimum Gasteiger partial charge on any atom is -0.462 e. The Morgan fingerprint density at radius 3 is 0.725 bits per heavy atom. The van der Waals surface area contributed by atoms with Gasteiger partial charge in [-0.3, -0.25) is 14.4 Å². The Hall–Kier alpha value is -1.85. The van der Waals surface area contributed by atoms with Crippen LogP contribution in [-0.2, 0) is 28.6 Å². The van der Waals surface area contributed by atoms with Crippen LogP contribution in [0.3, 0.4) is 0 Å². The first-order valence-electron chi connectivity index (χ1n) is 31.2. The Balaban J connectivity index is 4.23. The van der Waals surface area contributed by atoms with Crippen molar-refractivity contribution in [2.24, 2.45) is 0 Å². The van der Waals surface area contributed by atoms with Gasteiger partial charge in [0.1, 0.15) is 13.2 Å². The molecule has 0 rings (SSSR count). The Labute approximate surface area is 431 Å². The normalized spacial score (nSPS) is 12.0. The fourth-order valence-corrected chi connectivity index (χ4v) is 9.56. The molecular weight excluding hydrogens is 853 g/mol. The number of unbranched alkanes of at least 4 members (excludes halogenated alkanes) is 45. The maximum atomic E-state index is 12.9. The third kappa shape index (κ3) is 56.9. The molecule has 0 unspecified atom stereocenters. The van der Waals surface area contributed by atoms with Crippen molar-refractivity contribution in [2.45, 2.75) is 361 Å². The Bertz CT molecular complexity index is 1070. The zero-order chi connectivity index (χ0) is 50.0. The van der Waals surface area contributed by atoms with Crippen molar-refractivity contribution in [3.8, 4) is 0 Å². The van der Waals surface area contributed by atoms with Crippen LogP contribution < -0.4 is 0 Å². The second kappa shape index (κ2) is 58.7. The third-order valence-electron chi connectivity index (χ3n) is 14.3. The van der Waals surface area contributed by atoms with Crippen molar-refractivity contribution in [3.63, 3.8) is 0 Å². The van der Waals surface area contributed by atoms with Crippen LogP contribution in [0.1, 0.15) is 355 Å². The molecule has 69 heavy (non-hydrogen) atoms. The van der Waals surface area contributed by atoms with Crippen LogP contribution in [0, 0.1) is 0 Å². The predicted molar refractivity (Wildman–Crippen MR) is 298 cm³/mol. The molecule has 0 amide bonds. The predicted octanol–water partition coefficient (Wildman–Crippen LogP) is 20.9. The second-order valence-electron chi connectivity index (χ2n) is 21.3. The number of ether oxygens (including phenoxy) is 3. The molecule has 0 spiro atoms. The average Bonchev–Trinajstić information content (AvgIpc) is 3.35. The van der Waals surface area contributed by atoms with Crippen molar-refractivity contribution in [1.82, 2.24) is 0 Å². The Morgan fingerprint density at radius 1 is 0.275 bits per heavy atom. The number of esters is 3. The lowest BCUT2D eigenvalue weighted by atomic mass is 10.0. The number of allylic oxidation sites excluding steroid dienone is 2. The van der Waals surface area contributed by atoms with Gasteiger partial charge < -0.3 is 14.2 Å². The van der Waals surface area contributed by atoms with Gasteiger partial charge in [0, 0.05) is 19.3 Å². The highest BCUT2D eigenvalue weighted by Crippen LogP contribution is 2.18. The first kappa shape index (κ1) is 67.1. The largest absolute Gasteiger partial charge is 0.462 e. The van der Waals surface area contributed by atoms with E-state index in [9.17, 15) is 14.4 Å². The highest BCUT2D eigenvalue weighted by molar-refractivity contribution is 5.71. The molecule has 0 aromatic rings. The number of hydrogen-bond donors (Lipinski definition) is 0. The molecule has 0 saturated heterocycles. The molecule has 0 aliphatic heterocycles. The number of hydrogen-bond acceptors (Lipinski definition) is 6. The minimum absolute atomic E-state index is 0.0637. The monoisotopic (exact) mass is 973 g/mol. The van der Waals surface area contributed by atoms with E-state index in [2.05, 4.69) is 32.9 Å². The van der Waals surface area contributed by atoms with Crippen LogP contribution in [-0.4, -0.2) is 37.2 Å². The van der Waals surface area contributed by atoms with Gasteiger partial charge in [-0.15, -0.1) is 0 Å². The first-order chi connectivity index (χ1) is 34.0. The Morgan fingerprint density at radius 2 is 0.478 bits per heavy atom. The highest BCUT2D eigenvalue weighted by atomic mass is 16.6. The van der Waals surface area contributed by atoms with Gasteiger partial charge in [-0.2, -0.15) is 0 Å².